The van der Waals surface area contributed by atoms with Gasteiger partial charge in [0.1, 0.15) is 0 Å². The van der Waals surface area contributed by atoms with Gasteiger partial charge in [-0.3, -0.25) is 0 Å². The molecule has 2 N–H and O–H groups in total. The van der Waals surface area contributed by atoms with Crippen molar-refractivity contribution in [2.75, 3.05) is 33.4 Å². The number of likely N-dealkylation sites (N-methyl/N-ethyl adjacent to an activating group) is 1. The Kier molecular flexibility index (Phi) is 5.86. The van der Waals surface area contributed by atoms with E-state index in [2.05, 4.69) is 38.0 Å². The summed E-state index contributed by atoms with van der Waals surface area (Å²) in [7, 11) is 2.09. The summed E-state index contributed by atoms with van der Waals surface area (Å²) in [5.41, 5.74) is -0.235. The average molecular weight is 244 g/mol. The third-order valence-corrected chi connectivity index (χ3v) is 3.14. The molecule has 1 aliphatic rings. The Morgan fingerprint density at radius 2 is 2.24 bits per heavy atom. The average Bonchev–Trinajstić information content (AvgIpc) is 2.68. The van der Waals surface area contributed by atoms with Crippen LogP contribution in [-0.4, -0.2) is 61.0 Å². The highest BCUT2D eigenvalue weighted by Crippen LogP contribution is 2.14. The highest BCUT2D eigenvalue weighted by atomic mass is 16.5. The molecular formula is C13H28N2O2. The van der Waals surface area contributed by atoms with E-state index in [1.807, 2.05) is 0 Å². The predicted octanol–water partition coefficient (Wildman–Crippen LogP) is 0.846. The van der Waals surface area contributed by atoms with Crippen LogP contribution in [0.4, 0.5) is 0 Å². The molecule has 17 heavy (non-hydrogen) atoms. The first-order valence-corrected chi connectivity index (χ1v) is 6.64. The van der Waals surface area contributed by atoms with Crippen LogP contribution in [0.15, 0.2) is 0 Å². The summed E-state index contributed by atoms with van der Waals surface area (Å²) in [6.07, 6.45) is 2.72. The van der Waals surface area contributed by atoms with Gasteiger partial charge in [-0.1, -0.05) is 13.8 Å². The fraction of sp³-hybridized carbons (Fsp3) is 1.00. The zero-order valence-electron chi connectivity index (χ0n) is 11.7. The maximum atomic E-state index is 9.52. The molecular weight excluding hydrogens is 216 g/mol. The minimum absolute atomic E-state index is 0.154. The van der Waals surface area contributed by atoms with Gasteiger partial charge in [-0.05, 0) is 26.8 Å². The molecule has 4 heteroatoms. The molecule has 102 valence electrons. The number of nitrogens with zero attached hydrogens (tertiary/aromatic N) is 1. The van der Waals surface area contributed by atoms with E-state index in [1.54, 1.807) is 0 Å². The first-order chi connectivity index (χ1) is 7.95. The Balaban J connectivity index is 2.37. The molecule has 0 bridgehead atoms. The number of nitrogens with one attached hydrogen (secondary N) is 1. The lowest BCUT2D eigenvalue weighted by molar-refractivity contribution is 0.0615. The van der Waals surface area contributed by atoms with E-state index in [-0.39, 0.29) is 12.1 Å². The third kappa shape index (κ3) is 5.34. The van der Waals surface area contributed by atoms with Crippen molar-refractivity contribution in [2.24, 2.45) is 0 Å². The SMILES string of the molecule is CC(C)NC(C)(CO)CN(C)CC1CCCO1. The van der Waals surface area contributed by atoms with Gasteiger partial charge in [0.05, 0.1) is 18.2 Å². The largest absolute Gasteiger partial charge is 0.394 e. The highest BCUT2D eigenvalue weighted by molar-refractivity contribution is 4.87. The van der Waals surface area contributed by atoms with Crippen molar-refractivity contribution in [3.8, 4) is 0 Å². The Labute approximate surface area is 105 Å². The number of aliphatic hydroxyl groups excluding tert-OH is 1. The standard InChI is InChI=1S/C13H28N2O2/c1-11(2)14-13(3,10-16)9-15(4)8-12-6-5-7-17-12/h11-12,14,16H,5-10H2,1-4H3. The topological polar surface area (TPSA) is 44.7 Å². The maximum Gasteiger partial charge on any atom is 0.0702 e. The summed E-state index contributed by atoms with van der Waals surface area (Å²) in [6, 6.07) is 0.378. The zero-order chi connectivity index (χ0) is 12.9. The van der Waals surface area contributed by atoms with Gasteiger partial charge < -0.3 is 20.1 Å². The predicted molar refractivity (Wildman–Crippen MR) is 70.2 cm³/mol. The molecule has 0 aliphatic carbocycles. The molecule has 1 saturated heterocycles. The summed E-state index contributed by atoms with van der Waals surface area (Å²) < 4.78 is 5.63. The second kappa shape index (κ2) is 6.69. The van der Waals surface area contributed by atoms with Crippen molar-refractivity contribution in [1.82, 2.24) is 10.2 Å². The lowest BCUT2D eigenvalue weighted by Gasteiger charge is -2.35. The number of hydrogen-bond donors (Lipinski definition) is 2. The third-order valence-electron chi connectivity index (χ3n) is 3.14. The molecule has 2 atom stereocenters. The second-order valence-corrected chi connectivity index (χ2v) is 5.85. The quantitative estimate of drug-likeness (QED) is 0.697. The minimum atomic E-state index is -0.235. The van der Waals surface area contributed by atoms with Gasteiger partial charge in [0.2, 0.25) is 0 Å². The van der Waals surface area contributed by atoms with E-state index in [0.29, 0.717) is 12.1 Å². The van der Waals surface area contributed by atoms with Crippen molar-refractivity contribution in [1.29, 1.82) is 0 Å². The van der Waals surface area contributed by atoms with Crippen LogP contribution in [0.1, 0.15) is 33.6 Å². The van der Waals surface area contributed by atoms with Gasteiger partial charge in [0.25, 0.3) is 0 Å². The summed E-state index contributed by atoms with van der Waals surface area (Å²) in [5.74, 6) is 0. The van der Waals surface area contributed by atoms with Crippen LogP contribution < -0.4 is 5.32 Å². The van der Waals surface area contributed by atoms with Crippen LogP contribution in [-0.2, 0) is 4.74 Å². The van der Waals surface area contributed by atoms with E-state index >= 15 is 0 Å². The van der Waals surface area contributed by atoms with Crippen LogP contribution in [0.3, 0.4) is 0 Å². The Morgan fingerprint density at radius 1 is 1.53 bits per heavy atom. The normalized spacial score (nSPS) is 24.5. The molecule has 0 radical (unpaired) electrons. The van der Waals surface area contributed by atoms with Crippen molar-refractivity contribution in [3.05, 3.63) is 0 Å². The molecule has 0 amide bonds. The number of rotatable bonds is 7. The summed E-state index contributed by atoms with van der Waals surface area (Å²) in [5, 5.41) is 13.0. The summed E-state index contributed by atoms with van der Waals surface area (Å²) >= 11 is 0. The van der Waals surface area contributed by atoms with E-state index in [4.69, 9.17) is 4.74 Å². The molecule has 1 fully saturated rings. The van der Waals surface area contributed by atoms with Gasteiger partial charge in [-0.15, -0.1) is 0 Å². The molecule has 0 saturated carbocycles. The van der Waals surface area contributed by atoms with Gasteiger partial charge in [-0.25, -0.2) is 0 Å². The van der Waals surface area contributed by atoms with Crippen molar-refractivity contribution < 1.29 is 9.84 Å². The van der Waals surface area contributed by atoms with E-state index in [1.165, 1.54) is 6.42 Å². The Hall–Kier alpha value is -0.160. The van der Waals surface area contributed by atoms with E-state index in [0.717, 1.165) is 26.1 Å². The Morgan fingerprint density at radius 3 is 2.71 bits per heavy atom. The molecule has 0 aromatic heterocycles. The molecule has 0 spiro atoms. The maximum absolute atomic E-state index is 9.52. The first-order valence-electron chi connectivity index (χ1n) is 6.64. The van der Waals surface area contributed by atoms with Crippen molar-refractivity contribution in [2.45, 2.75) is 51.3 Å². The summed E-state index contributed by atoms with van der Waals surface area (Å²) in [4.78, 5) is 2.25. The minimum Gasteiger partial charge on any atom is -0.394 e. The van der Waals surface area contributed by atoms with Crippen molar-refractivity contribution in [3.63, 3.8) is 0 Å². The first kappa shape index (κ1) is 14.9. The van der Waals surface area contributed by atoms with Gasteiger partial charge in [0.15, 0.2) is 0 Å². The number of aliphatic hydroxyl groups is 1. The molecule has 0 aromatic carbocycles. The van der Waals surface area contributed by atoms with Gasteiger partial charge >= 0.3 is 0 Å². The number of ether oxygens (including phenoxy) is 1. The smallest absolute Gasteiger partial charge is 0.0702 e. The highest BCUT2D eigenvalue weighted by Gasteiger charge is 2.27. The van der Waals surface area contributed by atoms with Crippen LogP contribution in [0.2, 0.25) is 0 Å². The molecule has 1 aliphatic heterocycles. The molecule has 2 unspecified atom stereocenters. The fourth-order valence-electron chi connectivity index (χ4n) is 2.63. The molecule has 1 rings (SSSR count). The molecule has 1 heterocycles. The monoisotopic (exact) mass is 244 g/mol. The molecule has 0 aromatic rings. The summed E-state index contributed by atoms with van der Waals surface area (Å²) in [6.45, 7) is 9.12. The lowest BCUT2D eigenvalue weighted by Crippen LogP contribution is -2.56. The van der Waals surface area contributed by atoms with E-state index < -0.39 is 0 Å². The van der Waals surface area contributed by atoms with Crippen molar-refractivity contribution >= 4 is 0 Å². The number of hydrogen-bond acceptors (Lipinski definition) is 4. The fourth-order valence-corrected chi connectivity index (χ4v) is 2.63. The Bertz CT molecular complexity index is 217. The van der Waals surface area contributed by atoms with E-state index in [9.17, 15) is 5.11 Å². The lowest BCUT2D eigenvalue weighted by atomic mass is 10.0. The molecule has 4 nitrogen and oxygen atoms in total. The van der Waals surface area contributed by atoms with Crippen LogP contribution in [0.25, 0.3) is 0 Å². The van der Waals surface area contributed by atoms with Crippen LogP contribution >= 0.6 is 0 Å². The van der Waals surface area contributed by atoms with Gasteiger partial charge in [-0.2, -0.15) is 0 Å². The van der Waals surface area contributed by atoms with Crippen LogP contribution in [0, 0.1) is 0 Å². The zero-order valence-corrected chi connectivity index (χ0v) is 11.7. The van der Waals surface area contributed by atoms with Gasteiger partial charge in [0, 0.05) is 25.7 Å². The van der Waals surface area contributed by atoms with Crippen LogP contribution in [0.5, 0.6) is 0 Å². The second-order valence-electron chi connectivity index (χ2n) is 5.85.